The molecule has 1 N–H and O–H groups in total. The van der Waals surface area contributed by atoms with Gasteiger partial charge in [0.25, 0.3) is 0 Å². The van der Waals surface area contributed by atoms with Gasteiger partial charge in [0.2, 0.25) is 0 Å². The van der Waals surface area contributed by atoms with Gasteiger partial charge in [0, 0.05) is 12.7 Å². The molecule has 15 heavy (non-hydrogen) atoms. The fourth-order valence-corrected chi connectivity index (χ4v) is 1.47. The molecule has 0 fully saturated rings. The molecule has 1 aromatic rings. The molecule has 0 bridgehead atoms. The van der Waals surface area contributed by atoms with Crippen molar-refractivity contribution >= 4 is 11.8 Å². The Morgan fingerprint density at radius 3 is 2.67 bits per heavy atom. The maximum Gasteiger partial charge on any atom is 0.411 e. The third-order valence-corrected chi connectivity index (χ3v) is 2.23. The van der Waals surface area contributed by atoms with Crippen molar-refractivity contribution in [3.05, 3.63) is 29.8 Å². The maximum atomic E-state index is 10.8. The highest BCUT2D eigenvalue weighted by Crippen LogP contribution is 2.17. The summed E-state index contributed by atoms with van der Waals surface area (Å²) in [7, 11) is 1.55. The Morgan fingerprint density at radius 1 is 1.47 bits per heavy atom. The lowest BCUT2D eigenvalue weighted by Gasteiger charge is -2.14. The first-order valence-corrected chi connectivity index (χ1v) is 5.06. The van der Waals surface area contributed by atoms with Crippen LogP contribution in [0.15, 0.2) is 24.3 Å². The fourth-order valence-electron chi connectivity index (χ4n) is 1.47. The predicted molar refractivity (Wildman–Crippen MR) is 61.4 cm³/mol. The Labute approximate surface area is 90.3 Å². The first kappa shape index (κ1) is 11.6. The molecule has 0 aliphatic heterocycles. The summed E-state index contributed by atoms with van der Waals surface area (Å²) in [6.45, 7) is 4.29. The number of anilines is 1. The van der Waals surface area contributed by atoms with Gasteiger partial charge >= 0.3 is 6.09 Å². The molecule has 0 saturated carbocycles. The van der Waals surface area contributed by atoms with Crippen molar-refractivity contribution in [2.45, 2.75) is 20.3 Å². The largest absolute Gasteiger partial charge is 0.465 e. The lowest BCUT2D eigenvalue weighted by molar-refractivity contribution is 0.203. The van der Waals surface area contributed by atoms with Crippen LogP contribution in [0.25, 0.3) is 0 Å². The number of carboxylic acid groups (broad SMARTS) is 1. The van der Waals surface area contributed by atoms with Crippen molar-refractivity contribution in [1.82, 2.24) is 0 Å². The van der Waals surface area contributed by atoms with E-state index in [1.165, 1.54) is 10.5 Å². The number of amides is 1. The Hall–Kier alpha value is -1.51. The molecule has 0 aliphatic carbocycles. The van der Waals surface area contributed by atoms with Crippen LogP contribution in [-0.2, 0) is 6.42 Å². The van der Waals surface area contributed by atoms with Crippen LogP contribution in [0.3, 0.4) is 0 Å². The van der Waals surface area contributed by atoms with E-state index in [1.807, 2.05) is 18.2 Å². The third-order valence-electron chi connectivity index (χ3n) is 2.23. The zero-order chi connectivity index (χ0) is 11.4. The molecule has 0 atom stereocenters. The van der Waals surface area contributed by atoms with Gasteiger partial charge in [-0.2, -0.15) is 0 Å². The number of benzene rings is 1. The minimum Gasteiger partial charge on any atom is -0.465 e. The smallest absolute Gasteiger partial charge is 0.411 e. The fraction of sp³-hybridized carbons (Fsp3) is 0.417. The zero-order valence-electron chi connectivity index (χ0n) is 9.40. The Kier molecular flexibility index (Phi) is 3.72. The molecule has 0 aromatic heterocycles. The first-order chi connectivity index (χ1) is 7.00. The minimum absolute atomic E-state index is 0.579. The van der Waals surface area contributed by atoms with Crippen molar-refractivity contribution in [1.29, 1.82) is 0 Å². The SMILES string of the molecule is CC(C)Cc1cccc(N(C)C(=O)O)c1. The lowest BCUT2D eigenvalue weighted by atomic mass is 10.0. The Balaban J connectivity index is 2.87. The maximum absolute atomic E-state index is 10.8. The molecule has 0 radical (unpaired) electrons. The van der Waals surface area contributed by atoms with Gasteiger partial charge in [-0.25, -0.2) is 4.79 Å². The number of hydrogen-bond donors (Lipinski definition) is 1. The molecule has 0 heterocycles. The van der Waals surface area contributed by atoms with E-state index < -0.39 is 6.09 Å². The van der Waals surface area contributed by atoms with Crippen molar-refractivity contribution in [2.75, 3.05) is 11.9 Å². The molecule has 0 saturated heterocycles. The highest BCUT2D eigenvalue weighted by atomic mass is 16.4. The van der Waals surface area contributed by atoms with E-state index in [9.17, 15) is 4.79 Å². The summed E-state index contributed by atoms with van der Waals surface area (Å²) in [4.78, 5) is 12.0. The van der Waals surface area contributed by atoms with E-state index in [4.69, 9.17) is 5.11 Å². The van der Waals surface area contributed by atoms with Crippen LogP contribution in [0, 0.1) is 5.92 Å². The zero-order valence-corrected chi connectivity index (χ0v) is 9.40. The van der Waals surface area contributed by atoms with Gasteiger partial charge in [-0.05, 0) is 30.0 Å². The van der Waals surface area contributed by atoms with Crippen molar-refractivity contribution in [2.24, 2.45) is 5.92 Å². The highest BCUT2D eigenvalue weighted by Gasteiger charge is 2.08. The molecule has 82 valence electrons. The molecule has 0 unspecified atom stereocenters. The summed E-state index contributed by atoms with van der Waals surface area (Å²) in [5, 5.41) is 8.83. The molecular weight excluding hydrogens is 190 g/mol. The first-order valence-electron chi connectivity index (χ1n) is 5.06. The molecule has 1 rings (SSSR count). The summed E-state index contributed by atoms with van der Waals surface area (Å²) < 4.78 is 0. The summed E-state index contributed by atoms with van der Waals surface area (Å²) in [5.74, 6) is 0.579. The second-order valence-electron chi connectivity index (χ2n) is 4.11. The molecule has 1 aromatic carbocycles. The number of hydrogen-bond acceptors (Lipinski definition) is 1. The summed E-state index contributed by atoms with van der Waals surface area (Å²) in [6, 6.07) is 7.65. The highest BCUT2D eigenvalue weighted by molar-refractivity contribution is 5.85. The minimum atomic E-state index is -0.934. The Bertz CT molecular complexity index is 347. The van der Waals surface area contributed by atoms with E-state index in [1.54, 1.807) is 13.1 Å². The second kappa shape index (κ2) is 4.82. The van der Waals surface area contributed by atoms with E-state index in [-0.39, 0.29) is 0 Å². The van der Waals surface area contributed by atoms with Gasteiger partial charge < -0.3 is 5.11 Å². The lowest BCUT2D eigenvalue weighted by Crippen LogP contribution is -2.23. The van der Waals surface area contributed by atoms with Crippen LogP contribution in [0.2, 0.25) is 0 Å². The normalized spacial score (nSPS) is 10.4. The molecule has 3 heteroatoms. The van der Waals surface area contributed by atoms with Crippen molar-refractivity contribution < 1.29 is 9.90 Å². The molecule has 0 aliphatic rings. The molecular formula is C12H17NO2. The van der Waals surface area contributed by atoms with E-state index in [2.05, 4.69) is 13.8 Å². The van der Waals surface area contributed by atoms with Gasteiger partial charge in [-0.15, -0.1) is 0 Å². The summed E-state index contributed by atoms with van der Waals surface area (Å²) in [5.41, 5.74) is 1.90. The molecule has 0 spiro atoms. The van der Waals surface area contributed by atoms with E-state index >= 15 is 0 Å². The number of nitrogens with zero attached hydrogens (tertiary/aromatic N) is 1. The third kappa shape index (κ3) is 3.27. The Morgan fingerprint density at radius 2 is 2.13 bits per heavy atom. The summed E-state index contributed by atoms with van der Waals surface area (Å²) in [6.07, 6.45) is 0.0399. The van der Waals surface area contributed by atoms with Crippen LogP contribution < -0.4 is 4.90 Å². The number of carbonyl (C=O) groups is 1. The van der Waals surface area contributed by atoms with Gasteiger partial charge in [-0.3, -0.25) is 4.90 Å². The van der Waals surface area contributed by atoms with Gasteiger partial charge in [0.05, 0.1) is 0 Å². The quantitative estimate of drug-likeness (QED) is 0.827. The van der Waals surface area contributed by atoms with Gasteiger partial charge in [0.15, 0.2) is 0 Å². The second-order valence-corrected chi connectivity index (χ2v) is 4.11. The van der Waals surface area contributed by atoms with Crippen LogP contribution >= 0.6 is 0 Å². The van der Waals surface area contributed by atoms with E-state index in [0.29, 0.717) is 5.92 Å². The van der Waals surface area contributed by atoms with Crippen molar-refractivity contribution in [3.8, 4) is 0 Å². The molecule has 1 amide bonds. The van der Waals surface area contributed by atoms with E-state index in [0.717, 1.165) is 12.1 Å². The monoisotopic (exact) mass is 207 g/mol. The van der Waals surface area contributed by atoms with Crippen LogP contribution in [0.1, 0.15) is 19.4 Å². The average molecular weight is 207 g/mol. The standard InChI is InChI=1S/C12H17NO2/c1-9(2)7-10-5-4-6-11(8-10)13(3)12(14)15/h4-6,8-9H,7H2,1-3H3,(H,14,15). The predicted octanol–water partition coefficient (Wildman–Crippen LogP) is 3.00. The average Bonchev–Trinajstić information content (AvgIpc) is 2.16. The van der Waals surface area contributed by atoms with Crippen LogP contribution in [0.5, 0.6) is 0 Å². The summed E-state index contributed by atoms with van der Waals surface area (Å²) >= 11 is 0. The van der Waals surface area contributed by atoms with Crippen LogP contribution in [0.4, 0.5) is 10.5 Å². The molecule has 3 nitrogen and oxygen atoms in total. The van der Waals surface area contributed by atoms with Crippen LogP contribution in [-0.4, -0.2) is 18.2 Å². The van der Waals surface area contributed by atoms with Crippen molar-refractivity contribution in [3.63, 3.8) is 0 Å². The topological polar surface area (TPSA) is 40.5 Å². The van der Waals surface area contributed by atoms with Gasteiger partial charge in [-0.1, -0.05) is 26.0 Å². The number of rotatable bonds is 3. The van der Waals surface area contributed by atoms with Gasteiger partial charge in [0.1, 0.15) is 0 Å².